The lowest BCUT2D eigenvalue weighted by molar-refractivity contribution is 0.0893. The number of ether oxygens (including phenoxy) is 1. The molecule has 5 heteroatoms. The van der Waals surface area contributed by atoms with Crippen LogP contribution < -0.4 is 15.4 Å². The van der Waals surface area contributed by atoms with Gasteiger partial charge in [-0.15, -0.1) is 0 Å². The van der Waals surface area contributed by atoms with Gasteiger partial charge in [-0.3, -0.25) is 9.59 Å². The fourth-order valence-corrected chi connectivity index (χ4v) is 3.08. The molecule has 3 aromatic carbocycles. The number of nitrogens with two attached hydrogens (primary N) is 1. The molecule has 118 valence electrons. The predicted octanol–water partition coefficient (Wildman–Crippen LogP) is 3.23. The number of nitrogen functional groups attached to an aromatic ring is 1. The van der Waals surface area contributed by atoms with Gasteiger partial charge in [-0.2, -0.15) is 0 Å². The van der Waals surface area contributed by atoms with Crippen molar-refractivity contribution in [2.45, 2.75) is 0 Å². The van der Waals surface area contributed by atoms with Crippen LogP contribution in [0.1, 0.15) is 20.7 Å². The van der Waals surface area contributed by atoms with Gasteiger partial charge in [0.15, 0.2) is 0 Å². The molecule has 3 aromatic rings. The van der Waals surface area contributed by atoms with Crippen molar-refractivity contribution in [1.29, 1.82) is 0 Å². The van der Waals surface area contributed by atoms with E-state index in [2.05, 4.69) is 0 Å². The molecule has 5 nitrogen and oxygen atoms in total. The number of carbonyl (C=O) groups excluding carboxylic acids is 2. The second kappa shape index (κ2) is 5.09. The zero-order valence-corrected chi connectivity index (χ0v) is 12.9. The summed E-state index contributed by atoms with van der Waals surface area (Å²) in [5.41, 5.74) is 8.00. The smallest absolute Gasteiger partial charge is 0.265 e. The summed E-state index contributed by atoms with van der Waals surface area (Å²) in [6.07, 6.45) is 0. The first-order valence-corrected chi connectivity index (χ1v) is 7.46. The number of amides is 2. The van der Waals surface area contributed by atoms with Gasteiger partial charge in [0, 0.05) is 27.6 Å². The van der Waals surface area contributed by atoms with Crippen LogP contribution in [0.25, 0.3) is 10.8 Å². The van der Waals surface area contributed by atoms with Crippen molar-refractivity contribution in [2.75, 3.05) is 17.7 Å². The van der Waals surface area contributed by atoms with E-state index in [9.17, 15) is 9.59 Å². The van der Waals surface area contributed by atoms with Crippen molar-refractivity contribution in [1.82, 2.24) is 0 Å². The largest absolute Gasteiger partial charge is 0.497 e. The molecule has 0 bridgehead atoms. The Labute approximate surface area is 138 Å². The number of methoxy groups -OCH3 is 1. The maximum absolute atomic E-state index is 12.9. The average Bonchev–Trinajstić information content (AvgIpc) is 2.61. The van der Waals surface area contributed by atoms with Crippen molar-refractivity contribution in [3.63, 3.8) is 0 Å². The summed E-state index contributed by atoms with van der Waals surface area (Å²) in [4.78, 5) is 27.0. The van der Waals surface area contributed by atoms with Crippen molar-refractivity contribution < 1.29 is 14.3 Å². The maximum Gasteiger partial charge on any atom is 0.265 e. The highest BCUT2D eigenvalue weighted by molar-refractivity contribution is 6.36. The van der Waals surface area contributed by atoms with Gasteiger partial charge in [-0.25, -0.2) is 4.90 Å². The Kier molecular flexibility index (Phi) is 3.03. The van der Waals surface area contributed by atoms with E-state index in [1.165, 1.54) is 4.90 Å². The highest BCUT2D eigenvalue weighted by Gasteiger charge is 2.34. The third-order valence-electron chi connectivity index (χ3n) is 4.27. The molecule has 24 heavy (non-hydrogen) atoms. The number of hydrogen-bond acceptors (Lipinski definition) is 4. The first-order chi connectivity index (χ1) is 11.6. The monoisotopic (exact) mass is 318 g/mol. The lowest BCUT2D eigenvalue weighted by atomic mass is 9.93. The quantitative estimate of drug-likeness (QED) is 0.581. The van der Waals surface area contributed by atoms with Crippen LogP contribution in [0, 0.1) is 0 Å². The third kappa shape index (κ3) is 1.88. The normalized spacial score (nSPS) is 13.5. The number of benzene rings is 3. The summed E-state index contributed by atoms with van der Waals surface area (Å²) in [6.45, 7) is 0. The summed E-state index contributed by atoms with van der Waals surface area (Å²) < 4.78 is 5.12. The molecule has 0 saturated carbocycles. The SMILES string of the molecule is COc1ccc(N2C(=O)c3cccc4c(N)ccc(c34)C2=O)cc1. The molecule has 0 fully saturated rings. The molecule has 2 amide bonds. The Balaban J connectivity index is 1.93. The minimum atomic E-state index is -0.353. The highest BCUT2D eigenvalue weighted by Crippen LogP contribution is 2.35. The molecule has 0 saturated heterocycles. The lowest BCUT2D eigenvalue weighted by Crippen LogP contribution is -2.40. The number of rotatable bonds is 2. The lowest BCUT2D eigenvalue weighted by Gasteiger charge is -2.27. The molecular formula is C19H14N2O3. The van der Waals surface area contributed by atoms with Gasteiger partial charge in [0.25, 0.3) is 11.8 Å². The fraction of sp³-hybridized carbons (Fsp3) is 0.0526. The predicted molar refractivity (Wildman–Crippen MR) is 92.5 cm³/mol. The number of hydrogen-bond donors (Lipinski definition) is 1. The Morgan fingerprint density at radius 1 is 0.875 bits per heavy atom. The minimum absolute atomic E-state index is 0.353. The van der Waals surface area contributed by atoms with E-state index in [1.807, 2.05) is 6.07 Å². The van der Waals surface area contributed by atoms with Crippen LogP contribution >= 0.6 is 0 Å². The van der Waals surface area contributed by atoms with Gasteiger partial charge in [0.1, 0.15) is 5.75 Å². The number of anilines is 2. The van der Waals surface area contributed by atoms with Gasteiger partial charge in [0.05, 0.1) is 12.8 Å². The van der Waals surface area contributed by atoms with Crippen LogP contribution in [0.5, 0.6) is 5.75 Å². The Morgan fingerprint density at radius 3 is 2.21 bits per heavy atom. The van der Waals surface area contributed by atoms with E-state index >= 15 is 0 Å². The summed E-state index contributed by atoms with van der Waals surface area (Å²) in [5, 5.41) is 1.35. The molecule has 2 N–H and O–H groups in total. The van der Waals surface area contributed by atoms with E-state index in [0.29, 0.717) is 33.6 Å². The Bertz CT molecular complexity index is 971. The average molecular weight is 318 g/mol. The number of imide groups is 1. The Morgan fingerprint density at radius 2 is 1.54 bits per heavy atom. The summed E-state index contributed by atoms with van der Waals surface area (Å²) >= 11 is 0. The van der Waals surface area contributed by atoms with Crippen LogP contribution in [0.4, 0.5) is 11.4 Å². The van der Waals surface area contributed by atoms with Crippen molar-refractivity contribution in [2.24, 2.45) is 0 Å². The summed E-state index contributed by atoms with van der Waals surface area (Å²) in [5.74, 6) is -0.0475. The first kappa shape index (κ1) is 14.3. The molecular weight excluding hydrogens is 304 g/mol. The van der Waals surface area contributed by atoms with Crippen LogP contribution in [0.2, 0.25) is 0 Å². The molecule has 0 aliphatic carbocycles. The standard InChI is InChI=1S/C19H14N2O3/c1-24-12-7-5-11(6-8-12)21-18(22)14-4-2-3-13-16(20)10-9-15(17(13)14)19(21)23/h2-10H,20H2,1H3. The summed E-state index contributed by atoms with van der Waals surface area (Å²) in [7, 11) is 1.56. The molecule has 0 aromatic heterocycles. The zero-order valence-electron chi connectivity index (χ0n) is 12.9. The van der Waals surface area contributed by atoms with Crippen molar-refractivity contribution >= 4 is 34.0 Å². The van der Waals surface area contributed by atoms with E-state index in [-0.39, 0.29) is 11.8 Å². The third-order valence-corrected chi connectivity index (χ3v) is 4.27. The van der Waals surface area contributed by atoms with Gasteiger partial charge in [0.2, 0.25) is 0 Å². The Hall–Kier alpha value is -3.34. The summed E-state index contributed by atoms with van der Waals surface area (Å²) in [6, 6.07) is 15.5. The first-order valence-electron chi connectivity index (χ1n) is 7.46. The van der Waals surface area contributed by atoms with Crippen molar-refractivity contribution in [3.05, 3.63) is 65.7 Å². The molecule has 1 heterocycles. The van der Waals surface area contributed by atoms with Crippen LogP contribution in [0.3, 0.4) is 0 Å². The molecule has 0 unspecified atom stereocenters. The molecule has 0 spiro atoms. The van der Waals surface area contributed by atoms with Gasteiger partial charge < -0.3 is 10.5 Å². The molecule has 1 aliphatic rings. The van der Waals surface area contributed by atoms with Gasteiger partial charge >= 0.3 is 0 Å². The molecule has 0 atom stereocenters. The second-order valence-electron chi connectivity index (χ2n) is 5.57. The van der Waals surface area contributed by atoms with Crippen LogP contribution in [0.15, 0.2) is 54.6 Å². The molecule has 0 radical (unpaired) electrons. The van der Waals surface area contributed by atoms with Crippen LogP contribution in [-0.4, -0.2) is 18.9 Å². The maximum atomic E-state index is 12.9. The van der Waals surface area contributed by atoms with E-state index in [1.54, 1.807) is 55.6 Å². The van der Waals surface area contributed by atoms with E-state index in [4.69, 9.17) is 10.5 Å². The highest BCUT2D eigenvalue weighted by atomic mass is 16.5. The van der Waals surface area contributed by atoms with Crippen molar-refractivity contribution in [3.8, 4) is 5.75 Å². The fourth-order valence-electron chi connectivity index (χ4n) is 3.08. The van der Waals surface area contributed by atoms with E-state index in [0.717, 1.165) is 5.39 Å². The van der Waals surface area contributed by atoms with Crippen LogP contribution in [-0.2, 0) is 0 Å². The van der Waals surface area contributed by atoms with E-state index < -0.39 is 0 Å². The number of nitrogens with zero attached hydrogens (tertiary/aromatic N) is 1. The zero-order chi connectivity index (χ0) is 16.8. The van der Waals surface area contributed by atoms with Gasteiger partial charge in [-0.05, 0) is 42.5 Å². The topological polar surface area (TPSA) is 72.6 Å². The molecule has 4 rings (SSSR count). The van der Waals surface area contributed by atoms with Gasteiger partial charge in [-0.1, -0.05) is 12.1 Å². The number of carbonyl (C=O) groups is 2. The molecule has 1 aliphatic heterocycles. The minimum Gasteiger partial charge on any atom is -0.497 e. The second-order valence-corrected chi connectivity index (χ2v) is 5.57.